The fourth-order valence-electron chi connectivity index (χ4n) is 3.87. The third kappa shape index (κ3) is 7.34. The zero-order chi connectivity index (χ0) is 30.0. The summed E-state index contributed by atoms with van der Waals surface area (Å²) in [5.74, 6) is 0.335. The summed E-state index contributed by atoms with van der Waals surface area (Å²) in [6.45, 7) is 0. The lowest BCUT2D eigenvalue weighted by molar-refractivity contribution is -0.385. The normalized spacial score (nSPS) is 11.0. The van der Waals surface area contributed by atoms with Crippen LogP contribution in [0.2, 0.25) is 0 Å². The first-order chi connectivity index (χ1) is 21.0. The third-order valence-corrected chi connectivity index (χ3v) is 5.77. The Labute approximate surface area is 244 Å². The first kappa shape index (κ1) is 28.0. The summed E-state index contributed by atoms with van der Waals surface area (Å²) >= 11 is 0. The highest BCUT2D eigenvalue weighted by Crippen LogP contribution is 2.32. The smallest absolute Gasteiger partial charge is 0.270 e. The maximum Gasteiger partial charge on any atom is 0.270 e. The Morgan fingerprint density at radius 3 is 1.47 bits per heavy atom. The van der Waals surface area contributed by atoms with E-state index in [0.717, 1.165) is 11.4 Å². The van der Waals surface area contributed by atoms with Gasteiger partial charge in [0.15, 0.2) is 0 Å². The highest BCUT2D eigenvalue weighted by atomic mass is 16.6. The van der Waals surface area contributed by atoms with E-state index in [0.29, 0.717) is 11.1 Å². The van der Waals surface area contributed by atoms with Crippen LogP contribution in [0.15, 0.2) is 119 Å². The van der Waals surface area contributed by atoms with Crippen molar-refractivity contribution in [1.29, 1.82) is 0 Å². The molecule has 0 fully saturated rings. The molecule has 0 atom stereocenters. The topological polar surface area (TPSA) is 177 Å². The van der Waals surface area contributed by atoms with Crippen molar-refractivity contribution in [3.05, 3.63) is 141 Å². The van der Waals surface area contributed by atoms with Crippen LogP contribution >= 0.6 is 0 Å². The van der Waals surface area contributed by atoms with Gasteiger partial charge in [-0.3, -0.25) is 25.1 Å². The number of rotatable bonds is 11. The molecule has 1 heterocycles. The first-order valence-corrected chi connectivity index (χ1v) is 12.7. The molecule has 0 saturated heterocycles. The number of hydrazone groups is 2. The zero-order valence-corrected chi connectivity index (χ0v) is 22.3. The molecule has 0 aliphatic carbocycles. The van der Waals surface area contributed by atoms with Crippen molar-refractivity contribution in [2.75, 3.05) is 15.8 Å². The van der Waals surface area contributed by atoms with Crippen molar-refractivity contribution < 1.29 is 9.85 Å². The Kier molecular flexibility index (Phi) is 8.58. The lowest BCUT2D eigenvalue weighted by Gasteiger charge is -2.23. The van der Waals surface area contributed by atoms with Gasteiger partial charge in [0.1, 0.15) is 0 Å². The summed E-state index contributed by atoms with van der Waals surface area (Å²) in [5, 5.41) is 30.5. The monoisotopic (exact) mass is 574 g/mol. The molecule has 0 unspecified atom stereocenters. The van der Waals surface area contributed by atoms with E-state index in [9.17, 15) is 20.2 Å². The molecule has 212 valence electrons. The van der Waals surface area contributed by atoms with E-state index in [1.807, 2.05) is 65.6 Å². The van der Waals surface area contributed by atoms with Gasteiger partial charge < -0.3 is 0 Å². The maximum atomic E-state index is 11.1. The molecule has 5 rings (SSSR count). The molecule has 0 aliphatic rings. The van der Waals surface area contributed by atoms with Gasteiger partial charge >= 0.3 is 0 Å². The van der Waals surface area contributed by atoms with Crippen LogP contribution in [0, 0.1) is 20.2 Å². The van der Waals surface area contributed by atoms with E-state index in [1.54, 1.807) is 24.3 Å². The molecule has 5 aromatic rings. The molecule has 4 aromatic carbocycles. The van der Waals surface area contributed by atoms with Gasteiger partial charge in [-0.15, -0.1) is 0 Å². The lowest BCUT2D eigenvalue weighted by atomic mass is 10.2. The summed E-state index contributed by atoms with van der Waals surface area (Å²) in [6.07, 6.45) is 2.80. The van der Waals surface area contributed by atoms with Crippen LogP contribution in [0.25, 0.3) is 0 Å². The van der Waals surface area contributed by atoms with Crippen LogP contribution < -0.4 is 15.8 Å². The van der Waals surface area contributed by atoms with Crippen LogP contribution in [-0.2, 0) is 0 Å². The van der Waals surface area contributed by atoms with E-state index < -0.39 is 9.85 Å². The zero-order valence-electron chi connectivity index (χ0n) is 22.3. The molecule has 0 aliphatic heterocycles. The van der Waals surface area contributed by atoms with Crippen molar-refractivity contribution in [2.24, 2.45) is 10.2 Å². The molecule has 2 N–H and O–H groups in total. The van der Waals surface area contributed by atoms with Crippen molar-refractivity contribution in [2.45, 2.75) is 0 Å². The molecule has 1 aromatic heterocycles. The van der Waals surface area contributed by atoms with Crippen molar-refractivity contribution in [3.63, 3.8) is 0 Å². The SMILES string of the molecule is O=[N+]([O-])c1cccc(C=NNc2nc(NN=Cc3cccc([N+](=O)[O-])c3)nc(N(c3ccccc3)c3ccccc3)n2)c1. The molecule has 14 heteroatoms. The number of nitrogens with one attached hydrogen (secondary N) is 2. The highest BCUT2D eigenvalue weighted by Gasteiger charge is 2.18. The van der Waals surface area contributed by atoms with Gasteiger partial charge in [-0.1, -0.05) is 60.7 Å². The second-order valence-corrected chi connectivity index (χ2v) is 8.73. The number of hydrogen-bond acceptors (Lipinski definition) is 12. The average molecular weight is 575 g/mol. The van der Waals surface area contributed by atoms with Crippen molar-refractivity contribution in [3.8, 4) is 0 Å². The van der Waals surface area contributed by atoms with Gasteiger partial charge in [0.25, 0.3) is 11.4 Å². The number of benzene rings is 4. The second kappa shape index (κ2) is 13.2. The molecule has 0 saturated carbocycles. The summed E-state index contributed by atoms with van der Waals surface area (Å²) in [6, 6.07) is 30.9. The van der Waals surface area contributed by atoms with Crippen LogP contribution in [0.5, 0.6) is 0 Å². The summed E-state index contributed by atoms with van der Waals surface area (Å²) in [4.78, 5) is 36.5. The summed E-state index contributed by atoms with van der Waals surface area (Å²) < 4.78 is 0. The molecule has 0 bridgehead atoms. The van der Waals surface area contributed by atoms with Crippen molar-refractivity contribution >= 4 is 53.0 Å². The van der Waals surface area contributed by atoms with Gasteiger partial charge in [0, 0.05) is 46.8 Å². The number of aromatic nitrogens is 3. The van der Waals surface area contributed by atoms with E-state index >= 15 is 0 Å². The number of nitro benzene ring substituents is 2. The fourth-order valence-corrected chi connectivity index (χ4v) is 3.87. The van der Waals surface area contributed by atoms with E-state index in [4.69, 9.17) is 0 Å². The Bertz CT molecular complexity index is 1670. The van der Waals surface area contributed by atoms with Gasteiger partial charge in [-0.25, -0.2) is 10.9 Å². The highest BCUT2D eigenvalue weighted by molar-refractivity contribution is 5.82. The minimum absolute atomic E-state index is 0.0524. The number of nitro groups is 2. The molecule has 14 nitrogen and oxygen atoms in total. The Morgan fingerprint density at radius 1 is 0.605 bits per heavy atom. The number of nitrogens with zero attached hydrogens (tertiary/aromatic N) is 8. The maximum absolute atomic E-state index is 11.1. The number of anilines is 5. The first-order valence-electron chi connectivity index (χ1n) is 12.7. The second-order valence-electron chi connectivity index (χ2n) is 8.73. The predicted octanol–water partition coefficient (Wildman–Crippen LogP) is 6.05. The molecule has 43 heavy (non-hydrogen) atoms. The quantitative estimate of drug-likeness (QED) is 0.107. The number of para-hydroxylation sites is 2. The molecular formula is C29H22N10O4. The minimum atomic E-state index is -0.489. The van der Waals surface area contributed by atoms with E-state index in [1.165, 1.54) is 36.7 Å². The van der Waals surface area contributed by atoms with E-state index in [-0.39, 0.29) is 29.2 Å². The predicted molar refractivity (Wildman–Crippen MR) is 163 cm³/mol. The fraction of sp³-hybridized carbons (Fsp3) is 0. The summed E-state index contributed by atoms with van der Waals surface area (Å²) in [5.41, 5.74) is 7.90. The van der Waals surface area contributed by atoms with Crippen LogP contribution in [0.4, 0.5) is 40.6 Å². The number of hydrogen-bond donors (Lipinski definition) is 2. The van der Waals surface area contributed by atoms with Gasteiger partial charge in [-0.05, 0) is 24.3 Å². The number of non-ortho nitro benzene ring substituents is 2. The van der Waals surface area contributed by atoms with Gasteiger partial charge in [0.05, 0.1) is 22.3 Å². The van der Waals surface area contributed by atoms with E-state index in [2.05, 4.69) is 36.0 Å². The van der Waals surface area contributed by atoms with Crippen molar-refractivity contribution in [1.82, 2.24) is 15.0 Å². The van der Waals surface area contributed by atoms with Crippen LogP contribution in [0.1, 0.15) is 11.1 Å². The van der Waals surface area contributed by atoms with Gasteiger partial charge in [0.2, 0.25) is 17.8 Å². The van der Waals surface area contributed by atoms with Crippen LogP contribution in [0.3, 0.4) is 0 Å². The standard InChI is InChI=1S/C29H22N10O4/c40-38(41)25-15-7-9-21(17-25)19-30-35-27-32-28(36-31-20-22-10-8-16-26(18-22)39(42)43)34-29(33-27)37(23-11-3-1-4-12-23)24-13-5-2-6-14-24/h1-20H,(H2,32,33,34,35,36). The molecule has 0 radical (unpaired) electrons. The molecule has 0 spiro atoms. The Balaban J connectivity index is 1.49. The Morgan fingerprint density at radius 2 is 1.05 bits per heavy atom. The third-order valence-electron chi connectivity index (χ3n) is 5.77. The Hall–Kier alpha value is -6.57. The molecule has 0 amide bonds. The van der Waals surface area contributed by atoms with Crippen LogP contribution in [-0.4, -0.2) is 37.2 Å². The lowest BCUT2D eigenvalue weighted by Crippen LogP contribution is -2.16. The average Bonchev–Trinajstić information content (AvgIpc) is 3.02. The molecular weight excluding hydrogens is 552 g/mol. The minimum Gasteiger partial charge on any atom is -0.279 e. The van der Waals surface area contributed by atoms with Gasteiger partial charge in [-0.2, -0.15) is 25.2 Å². The largest absolute Gasteiger partial charge is 0.279 e. The summed E-state index contributed by atoms with van der Waals surface area (Å²) in [7, 11) is 0.